The van der Waals surface area contributed by atoms with Gasteiger partial charge in [-0.1, -0.05) is 45.0 Å². The summed E-state index contributed by atoms with van der Waals surface area (Å²) in [5, 5.41) is 13.3. The highest BCUT2D eigenvalue weighted by Crippen LogP contribution is 2.23. The number of aliphatic hydroxyl groups excluding tert-OH is 1. The molecular weight excluding hydrogens is 456 g/mol. The number of hydrogen-bond acceptors (Lipinski definition) is 6. The molecule has 2 aromatic rings. The van der Waals surface area contributed by atoms with Crippen molar-refractivity contribution in [2.24, 2.45) is 5.41 Å². The zero-order valence-electron chi connectivity index (χ0n) is 21.6. The van der Waals surface area contributed by atoms with Crippen LogP contribution in [0.3, 0.4) is 0 Å². The summed E-state index contributed by atoms with van der Waals surface area (Å²) in [5.74, 6) is 0.365. The van der Waals surface area contributed by atoms with Gasteiger partial charge in [0, 0.05) is 69.8 Å². The third-order valence-electron chi connectivity index (χ3n) is 6.83. The molecule has 1 aromatic heterocycles. The Kier molecular flexibility index (Phi) is 8.26. The van der Waals surface area contributed by atoms with Gasteiger partial charge in [-0.25, -0.2) is 4.98 Å². The molecule has 0 unspecified atom stereocenters. The molecule has 2 amide bonds. The molecule has 8 heteroatoms. The molecule has 8 nitrogen and oxygen atoms in total. The van der Waals surface area contributed by atoms with E-state index in [-0.39, 0.29) is 29.9 Å². The van der Waals surface area contributed by atoms with E-state index in [0.29, 0.717) is 31.1 Å². The second-order valence-corrected chi connectivity index (χ2v) is 10.9. The van der Waals surface area contributed by atoms with E-state index in [2.05, 4.69) is 33.4 Å². The Morgan fingerprint density at radius 1 is 1.11 bits per heavy atom. The van der Waals surface area contributed by atoms with Gasteiger partial charge >= 0.3 is 0 Å². The minimum Gasteiger partial charge on any atom is -0.474 e. The quantitative estimate of drug-likeness (QED) is 0.615. The zero-order valence-corrected chi connectivity index (χ0v) is 21.6. The van der Waals surface area contributed by atoms with Crippen LogP contribution in [0.1, 0.15) is 55.1 Å². The van der Waals surface area contributed by atoms with E-state index in [1.165, 1.54) is 17.3 Å². The number of fused-ring (bicyclic) bond motifs is 1. The summed E-state index contributed by atoms with van der Waals surface area (Å²) in [5.41, 5.74) is 2.73. The van der Waals surface area contributed by atoms with Gasteiger partial charge in [-0.3, -0.25) is 14.5 Å². The topological polar surface area (TPSA) is 95.0 Å². The third-order valence-corrected chi connectivity index (χ3v) is 6.83. The van der Waals surface area contributed by atoms with Gasteiger partial charge in [-0.15, -0.1) is 0 Å². The number of ether oxygens (including phenoxy) is 1. The Bertz CT molecular complexity index is 1040. The van der Waals surface area contributed by atoms with Crippen molar-refractivity contribution in [2.45, 2.75) is 58.8 Å². The smallest absolute Gasteiger partial charge is 0.252 e. The standard InChI is InChI=1S/C28H38N4O4/c1-28(2,3)27(35)32-14-11-24(12-15-32)36-25-9-8-21(16-29-25)26(34)30-17-23(33)19-31-13-10-20-6-4-5-7-22(20)18-31/h4-9,16,23-24,33H,10-15,17-19H2,1-3H3,(H,30,34)/t23-/m0/s1. The number of benzene rings is 1. The van der Waals surface area contributed by atoms with Crippen LogP contribution in [0.4, 0.5) is 0 Å². The number of carbonyl (C=O) groups is 2. The molecule has 0 aliphatic carbocycles. The molecule has 4 rings (SSSR count). The molecule has 2 N–H and O–H groups in total. The average Bonchev–Trinajstić information content (AvgIpc) is 2.87. The van der Waals surface area contributed by atoms with Gasteiger partial charge in [0.2, 0.25) is 11.8 Å². The van der Waals surface area contributed by atoms with Crippen LogP contribution in [0.2, 0.25) is 0 Å². The first kappa shape index (κ1) is 26.1. The highest BCUT2D eigenvalue weighted by molar-refractivity contribution is 5.93. The van der Waals surface area contributed by atoms with Crippen LogP contribution in [0.25, 0.3) is 0 Å². The predicted molar refractivity (Wildman–Crippen MR) is 138 cm³/mol. The number of rotatable bonds is 7. The Hall–Kier alpha value is -2.97. The molecule has 36 heavy (non-hydrogen) atoms. The number of pyridine rings is 1. The van der Waals surface area contributed by atoms with Crippen molar-refractivity contribution in [1.29, 1.82) is 0 Å². The normalized spacial score (nSPS) is 17.8. The number of likely N-dealkylation sites (tertiary alicyclic amines) is 1. The van der Waals surface area contributed by atoms with E-state index < -0.39 is 6.10 Å². The number of aliphatic hydroxyl groups is 1. The van der Waals surface area contributed by atoms with E-state index in [9.17, 15) is 14.7 Å². The molecule has 0 saturated carbocycles. The highest BCUT2D eigenvalue weighted by atomic mass is 16.5. The van der Waals surface area contributed by atoms with Gasteiger partial charge < -0.3 is 20.1 Å². The average molecular weight is 495 g/mol. The summed E-state index contributed by atoms with van der Waals surface area (Å²) in [6, 6.07) is 11.8. The fraction of sp³-hybridized carbons (Fsp3) is 0.536. The number of piperidine rings is 1. The molecule has 0 spiro atoms. The Morgan fingerprint density at radius 3 is 2.50 bits per heavy atom. The number of carbonyl (C=O) groups excluding carboxylic acids is 2. The maximum Gasteiger partial charge on any atom is 0.252 e. The van der Waals surface area contributed by atoms with E-state index >= 15 is 0 Å². The second kappa shape index (κ2) is 11.4. The number of β-amino-alcohol motifs (C(OH)–C–C–N with tert-alkyl or cyclic N) is 1. The summed E-state index contributed by atoms with van der Waals surface area (Å²) in [7, 11) is 0. The highest BCUT2D eigenvalue weighted by Gasteiger charge is 2.31. The maximum absolute atomic E-state index is 12.5. The van der Waals surface area contributed by atoms with Crippen LogP contribution in [0.5, 0.6) is 5.88 Å². The molecular formula is C28H38N4O4. The minimum absolute atomic E-state index is 0.00176. The lowest BCUT2D eigenvalue weighted by molar-refractivity contribution is -0.141. The van der Waals surface area contributed by atoms with E-state index in [1.807, 2.05) is 31.7 Å². The molecule has 0 radical (unpaired) electrons. The minimum atomic E-state index is -0.647. The second-order valence-electron chi connectivity index (χ2n) is 10.9. The summed E-state index contributed by atoms with van der Waals surface area (Å²) in [6.07, 6.45) is 3.34. The van der Waals surface area contributed by atoms with Gasteiger partial charge in [0.15, 0.2) is 0 Å². The van der Waals surface area contributed by atoms with Gasteiger partial charge in [0.1, 0.15) is 6.10 Å². The number of amides is 2. The number of nitrogens with one attached hydrogen (secondary N) is 1. The van der Waals surface area contributed by atoms with Gasteiger partial charge in [0.05, 0.1) is 11.7 Å². The number of aromatic nitrogens is 1. The number of hydrogen-bond donors (Lipinski definition) is 2. The largest absolute Gasteiger partial charge is 0.474 e. The molecule has 0 bridgehead atoms. The number of nitrogens with zero attached hydrogens (tertiary/aromatic N) is 3. The monoisotopic (exact) mass is 494 g/mol. The van der Waals surface area contributed by atoms with Crippen LogP contribution in [0, 0.1) is 5.41 Å². The van der Waals surface area contributed by atoms with E-state index in [1.54, 1.807) is 12.1 Å². The summed E-state index contributed by atoms with van der Waals surface area (Å²) < 4.78 is 5.99. The zero-order chi connectivity index (χ0) is 25.7. The first-order valence-electron chi connectivity index (χ1n) is 12.9. The van der Waals surface area contributed by atoms with Crippen molar-refractivity contribution in [3.05, 3.63) is 59.3 Å². The Balaban J connectivity index is 1.18. The predicted octanol–water partition coefficient (Wildman–Crippen LogP) is 2.65. The van der Waals surface area contributed by atoms with E-state index in [4.69, 9.17) is 4.74 Å². The molecule has 1 fully saturated rings. The van der Waals surface area contributed by atoms with Crippen LogP contribution in [-0.2, 0) is 17.8 Å². The van der Waals surface area contributed by atoms with Gasteiger partial charge in [0.25, 0.3) is 5.91 Å². The van der Waals surface area contributed by atoms with Crippen molar-refractivity contribution >= 4 is 11.8 Å². The molecule has 2 aliphatic rings. The van der Waals surface area contributed by atoms with Crippen molar-refractivity contribution < 1.29 is 19.4 Å². The third kappa shape index (κ3) is 6.83. The maximum atomic E-state index is 12.5. The molecule has 1 atom stereocenters. The van der Waals surface area contributed by atoms with Crippen LogP contribution in [0.15, 0.2) is 42.6 Å². The molecule has 1 saturated heterocycles. The summed E-state index contributed by atoms with van der Waals surface area (Å²) >= 11 is 0. The van der Waals surface area contributed by atoms with Crippen molar-refractivity contribution in [1.82, 2.24) is 20.1 Å². The summed E-state index contributed by atoms with van der Waals surface area (Å²) in [4.78, 5) is 33.4. The lowest BCUT2D eigenvalue weighted by atomic mass is 9.93. The SMILES string of the molecule is CC(C)(C)C(=O)N1CCC(Oc2ccc(C(=O)NC[C@H](O)CN3CCc4ccccc4C3)cn2)CC1. The molecule has 3 heterocycles. The Labute approximate surface area is 213 Å². The van der Waals surface area contributed by atoms with Crippen molar-refractivity contribution in [3.8, 4) is 5.88 Å². The molecule has 2 aliphatic heterocycles. The first-order valence-corrected chi connectivity index (χ1v) is 12.9. The van der Waals surface area contributed by atoms with Crippen LogP contribution < -0.4 is 10.1 Å². The van der Waals surface area contributed by atoms with Gasteiger partial charge in [-0.05, 0) is 23.6 Å². The van der Waals surface area contributed by atoms with Crippen LogP contribution in [-0.4, -0.2) is 76.6 Å². The Morgan fingerprint density at radius 2 is 1.83 bits per heavy atom. The lowest BCUT2D eigenvalue weighted by Gasteiger charge is -2.35. The fourth-order valence-corrected chi connectivity index (χ4v) is 4.79. The molecule has 194 valence electrons. The van der Waals surface area contributed by atoms with E-state index in [0.717, 1.165) is 32.4 Å². The van der Waals surface area contributed by atoms with Crippen molar-refractivity contribution in [3.63, 3.8) is 0 Å². The molecule has 1 aromatic carbocycles. The lowest BCUT2D eigenvalue weighted by Crippen LogP contribution is -2.46. The van der Waals surface area contributed by atoms with Crippen LogP contribution >= 0.6 is 0 Å². The van der Waals surface area contributed by atoms with Gasteiger partial charge in [-0.2, -0.15) is 0 Å². The first-order chi connectivity index (χ1) is 17.2. The summed E-state index contributed by atoms with van der Waals surface area (Å²) in [6.45, 7) is 9.58. The van der Waals surface area contributed by atoms with Crippen molar-refractivity contribution in [2.75, 3.05) is 32.7 Å². The fourth-order valence-electron chi connectivity index (χ4n) is 4.79.